The van der Waals surface area contributed by atoms with Gasteiger partial charge in [0.25, 0.3) is 5.91 Å². The van der Waals surface area contributed by atoms with Gasteiger partial charge in [0.1, 0.15) is 17.2 Å². The van der Waals surface area contributed by atoms with Crippen molar-refractivity contribution in [1.29, 1.82) is 0 Å². The van der Waals surface area contributed by atoms with Crippen LogP contribution in [0, 0.1) is 5.82 Å². The van der Waals surface area contributed by atoms with Crippen LogP contribution in [0.3, 0.4) is 0 Å². The zero-order valence-electron chi connectivity index (χ0n) is 12.5. The summed E-state index contributed by atoms with van der Waals surface area (Å²) in [6.07, 6.45) is 5.23. The van der Waals surface area contributed by atoms with E-state index in [1.54, 1.807) is 10.5 Å². The topological polar surface area (TPSA) is 37.6 Å². The van der Waals surface area contributed by atoms with Crippen LogP contribution in [0.5, 0.6) is 0 Å². The molecule has 0 radical (unpaired) electrons. The first-order valence-electron chi connectivity index (χ1n) is 7.59. The van der Waals surface area contributed by atoms with E-state index in [2.05, 4.69) is 11.9 Å². The number of carbonyl (C=O) groups excluding carboxylic acids is 1. The summed E-state index contributed by atoms with van der Waals surface area (Å²) in [7, 11) is 0. The Balaban J connectivity index is 2.09. The molecule has 112 valence electrons. The first-order valence-corrected chi connectivity index (χ1v) is 7.59. The van der Waals surface area contributed by atoms with Crippen LogP contribution in [0.1, 0.15) is 49.3 Å². The summed E-state index contributed by atoms with van der Waals surface area (Å²) in [6.45, 7) is 4.81. The van der Waals surface area contributed by atoms with Crippen LogP contribution in [0.15, 0.2) is 18.3 Å². The molecule has 1 saturated heterocycles. The molecule has 1 unspecified atom stereocenters. The molecule has 21 heavy (non-hydrogen) atoms. The monoisotopic (exact) mass is 289 g/mol. The largest absolute Gasteiger partial charge is 0.335 e. The van der Waals surface area contributed by atoms with Crippen LogP contribution in [-0.4, -0.2) is 32.8 Å². The Hall–Kier alpha value is -1.91. The predicted octanol–water partition coefficient (Wildman–Crippen LogP) is 3.05. The number of likely N-dealkylation sites (tertiary alicyclic amines) is 1. The van der Waals surface area contributed by atoms with Crippen LogP contribution in [0.25, 0.3) is 5.65 Å². The van der Waals surface area contributed by atoms with E-state index in [9.17, 15) is 9.18 Å². The average molecular weight is 289 g/mol. The number of carbonyl (C=O) groups is 1. The molecule has 1 aliphatic heterocycles. The summed E-state index contributed by atoms with van der Waals surface area (Å²) in [5.74, 6) is -0.388. The lowest BCUT2D eigenvalue weighted by Crippen LogP contribution is -2.42. The Bertz CT molecular complexity index is 679. The number of piperidine rings is 1. The summed E-state index contributed by atoms with van der Waals surface area (Å²) in [5.41, 5.74) is 1.88. The van der Waals surface area contributed by atoms with Crippen LogP contribution >= 0.6 is 0 Å². The van der Waals surface area contributed by atoms with Crippen molar-refractivity contribution in [2.45, 2.75) is 45.6 Å². The molecule has 0 aliphatic carbocycles. The molecule has 0 bridgehead atoms. The number of rotatable bonds is 2. The van der Waals surface area contributed by atoms with Crippen LogP contribution in [0.2, 0.25) is 0 Å². The molecular formula is C16H20FN3O. The molecule has 1 fully saturated rings. The fraction of sp³-hybridized carbons (Fsp3) is 0.500. The Morgan fingerprint density at radius 2 is 2.24 bits per heavy atom. The van der Waals surface area contributed by atoms with Gasteiger partial charge in [-0.1, -0.05) is 6.92 Å². The van der Waals surface area contributed by atoms with E-state index in [1.807, 2.05) is 11.8 Å². The van der Waals surface area contributed by atoms with E-state index in [4.69, 9.17) is 0 Å². The molecule has 4 nitrogen and oxygen atoms in total. The van der Waals surface area contributed by atoms with E-state index in [-0.39, 0.29) is 17.8 Å². The second kappa shape index (κ2) is 5.47. The fourth-order valence-electron chi connectivity index (χ4n) is 3.08. The van der Waals surface area contributed by atoms with Crippen molar-refractivity contribution in [3.05, 3.63) is 35.5 Å². The van der Waals surface area contributed by atoms with Crippen molar-refractivity contribution in [3.8, 4) is 0 Å². The minimum Gasteiger partial charge on any atom is -0.335 e. The minimum atomic E-state index is -0.358. The van der Waals surface area contributed by atoms with Gasteiger partial charge in [-0.05, 0) is 44.7 Å². The molecule has 0 saturated carbocycles. The molecule has 5 heteroatoms. The summed E-state index contributed by atoms with van der Waals surface area (Å²) in [4.78, 5) is 19.3. The Labute approximate surface area is 123 Å². The van der Waals surface area contributed by atoms with E-state index in [1.165, 1.54) is 12.3 Å². The number of halogens is 1. The van der Waals surface area contributed by atoms with E-state index in [0.717, 1.165) is 31.5 Å². The number of aryl methyl sites for hydroxylation is 1. The Morgan fingerprint density at radius 3 is 2.95 bits per heavy atom. The quantitative estimate of drug-likeness (QED) is 0.852. The lowest BCUT2D eigenvalue weighted by Gasteiger charge is -2.33. The maximum atomic E-state index is 13.5. The van der Waals surface area contributed by atoms with E-state index >= 15 is 0 Å². The molecular weight excluding hydrogens is 269 g/mol. The lowest BCUT2D eigenvalue weighted by atomic mass is 10.0. The number of nitrogens with zero attached hydrogens (tertiary/aromatic N) is 3. The maximum absolute atomic E-state index is 13.5. The highest BCUT2D eigenvalue weighted by Gasteiger charge is 2.28. The highest BCUT2D eigenvalue weighted by molar-refractivity contribution is 5.95. The highest BCUT2D eigenvalue weighted by atomic mass is 19.1. The van der Waals surface area contributed by atoms with Gasteiger partial charge in [0.05, 0.1) is 5.69 Å². The molecule has 3 heterocycles. The molecule has 0 N–H and O–H groups in total. The van der Waals surface area contributed by atoms with Crippen molar-refractivity contribution in [2.24, 2.45) is 0 Å². The zero-order valence-corrected chi connectivity index (χ0v) is 12.5. The first kappa shape index (κ1) is 14.0. The second-order valence-electron chi connectivity index (χ2n) is 5.68. The van der Waals surface area contributed by atoms with Crippen molar-refractivity contribution in [1.82, 2.24) is 14.3 Å². The minimum absolute atomic E-state index is 0.0304. The summed E-state index contributed by atoms with van der Waals surface area (Å²) < 4.78 is 15.1. The van der Waals surface area contributed by atoms with Gasteiger partial charge in [0.2, 0.25) is 0 Å². The average Bonchev–Trinajstić information content (AvgIpc) is 2.84. The van der Waals surface area contributed by atoms with Gasteiger partial charge in [0, 0.05) is 18.8 Å². The number of aromatic nitrogens is 2. The van der Waals surface area contributed by atoms with Crippen molar-refractivity contribution >= 4 is 11.6 Å². The van der Waals surface area contributed by atoms with Gasteiger partial charge in [-0.2, -0.15) is 0 Å². The highest BCUT2D eigenvalue weighted by Crippen LogP contribution is 2.22. The molecule has 1 amide bonds. The normalized spacial score (nSPS) is 19.2. The van der Waals surface area contributed by atoms with Crippen LogP contribution in [-0.2, 0) is 6.42 Å². The lowest BCUT2D eigenvalue weighted by molar-refractivity contribution is 0.0627. The Kier molecular flexibility index (Phi) is 3.66. The third kappa shape index (κ3) is 2.41. The second-order valence-corrected chi connectivity index (χ2v) is 5.68. The molecule has 0 spiro atoms. The Morgan fingerprint density at radius 1 is 1.43 bits per heavy atom. The molecule has 1 atom stereocenters. The number of hydrogen-bond acceptors (Lipinski definition) is 2. The van der Waals surface area contributed by atoms with Crippen LogP contribution < -0.4 is 0 Å². The van der Waals surface area contributed by atoms with Crippen LogP contribution in [0.4, 0.5) is 4.39 Å². The summed E-state index contributed by atoms with van der Waals surface area (Å²) in [6, 6.07) is 3.22. The molecule has 1 aliphatic rings. The smallest absolute Gasteiger partial charge is 0.273 e. The summed E-state index contributed by atoms with van der Waals surface area (Å²) in [5, 5.41) is 0. The predicted molar refractivity (Wildman–Crippen MR) is 78.9 cm³/mol. The summed E-state index contributed by atoms with van der Waals surface area (Å²) >= 11 is 0. The van der Waals surface area contributed by atoms with Gasteiger partial charge >= 0.3 is 0 Å². The molecule has 3 rings (SSSR count). The fourth-order valence-corrected chi connectivity index (χ4v) is 3.08. The van der Waals surface area contributed by atoms with Gasteiger partial charge in [-0.3, -0.25) is 9.20 Å². The van der Waals surface area contributed by atoms with Gasteiger partial charge in [-0.25, -0.2) is 9.37 Å². The maximum Gasteiger partial charge on any atom is 0.273 e. The number of pyridine rings is 1. The standard InChI is InChI=1S/C16H20FN3O/c1-3-13-15(16(21)19-9-5-4-6-11(19)2)20-10-12(17)7-8-14(20)18-13/h7-8,10-11H,3-6,9H2,1-2H3. The number of fused-ring (bicyclic) bond motifs is 1. The van der Waals surface area contributed by atoms with E-state index in [0.29, 0.717) is 17.8 Å². The molecule has 2 aromatic rings. The van der Waals surface area contributed by atoms with Gasteiger partial charge < -0.3 is 4.90 Å². The number of amides is 1. The number of hydrogen-bond donors (Lipinski definition) is 0. The third-order valence-corrected chi connectivity index (χ3v) is 4.26. The molecule has 0 aromatic carbocycles. The SMILES string of the molecule is CCc1nc2ccc(F)cn2c1C(=O)N1CCCCC1C. The van der Waals surface area contributed by atoms with Gasteiger partial charge in [-0.15, -0.1) is 0 Å². The third-order valence-electron chi connectivity index (χ3n) is 4.26. The van der Waals surface area contributed by atoms with Gasteiger partial charge in [0.15, 0.2) is 0 Å². The molecule has 2 aromatic heterocycles. The number of imidazole rings is 1. The zero-order chi connectivity index (χ0) is 15.0. The van der Waals surface area contributed by atoms with Crippen molar-refractivity contribution in [3.63, 3.8) is 0 Å². The van der Waals surface area contributed by atoms with E-state index < -0.39 is 0 Å². The van der Waals surface area contributed by atoms with Crippen molar-refractivity contribution < 1.29 is 9.18 Å². The first-order chi connectivity index (χ1) is 10.1. The van der Waals surface area contributed by atoms with Crippen molar-refractivity contribution in [2.75, 3.05) is 6.54 Å².